The highest BCUT2D eigenvalue weighted by molar-refractivity contribution is 5.83. The smallest absolute Gasteiger partial charge is 0.228 e. The van der Waals surface area contributed by atoms with E-state index < -0.39 is 6.04 Å². The van der Waals surface area contributed by atoms with Crippen molar-refractivity contribution in [1.29, 1.82) is 5.26 Å². The molecular formula is C19H23N3O3. The van der Waals surface area contributed by atoms with Gasteiger partial charge in [-0.2, -0.15) is 5.26 Å². The molecule has 25 heavy (non-hydrogen) atoms. The molecule has 0 radical (unpaired) electrons. The zero-order chi connectivity index (χ0) is 17.6. The lowest BCUT2D eigenvalue weighted by molar-refractivity contribution is -0.145. The van der Waals surface area contributed by atoms with Gasteiger partial charge in [0, 0.05) is 19.6 Å². The summed E-state index contributed by atoms with van der Waals surface area (Å²) < 4.78 is 5.29. The topological polar surface area (TPSA) is 73.6 Å². The number of nitriles is 1. The Bertz CT molecular complexity index is 656. The molecule has 6 nitrogen and oxygen atoms in total. The van der Waals surface area contributed by atoms with Crippen LogP contribution in [-0.2, 0) is 20.7 Å². The van der Waals surface area contributed by atoms with Crippen molar-refractivity contribution in [3.05, 3.63) is 35.9 Å². The van der Waals surface area contributed by atoms with E-state index in [9.17, 15) is 14.9 Å². The number of rotatable bonds is 3. The molecule has 2 aliphatic heterocycles. The van der Waals surface area contributed by atoms with E-state index in [0.717, 1.165) is 18.4 Å². The molecular weight excluding hydrogens is 318 g/mol. The average Bonchev–Trinajstić information content (AvgIpc) is 2.68. The van der Waals surface area contributed by atoms with Crippen LogP contribution >= 0.6 is 0 Å². The van der Waals surface area contributed by atoms with Crippen molar-refractivity contribution in [2.45, 2.75) is 25.3 Å². The van der Waals surface area contributed by atoms with Crippen molar-refractivity contribution < 1.29 is 14.3 Å². The molecule has 2 saturated heterocycles. The molecule has 2 amide bonds. The standard InChI is InChI=1S/C19H23N3O3/c20-12-17-14-25-10-9-22(17)19(24)16-7-4-8-21(13-16)18(23)11-15-5-2-1-3-6-15/h1-3,5-6,16-17H,4,7-11,13-14H2. The minimum atomic E-state index is -0.517. The fourth-order valence-electron chi connectivity index (χ4n) is 3.50. The van der Waals surface area contributed by atoms with Crippen LogP contribution in [0, 0.1) is 17.2 Å². The lowest BCUT2D eigenvalue weighted by atomic mass is 9.95. The molecule has 3 rings (SSSR count). The molecule has 2 fully saturated rings. The molecule has 0 bridgehead atoms. The van der Waals surface area contributed by atoms with Gasteiger partial charge < -0.3 is 14.5 Å². The monoisotopic (exact) mass is 341 g/mol. The predicted molar refractivity (Wildman–Crippen MR) is 91.4 cm³/mol. The van der Waals surface area contributed by atoms with E-state index in [1.807, 2.05) is 30.3 Å². The summed E-state index contributed by atoms with van der Waals surface area (Å²) in [5.41, 5.74) is 0.985. The van der Waals surface area contributed by atoms with E-state index in [2.05, 4.69) is 6.07 Å². The van der Waals surface area contributed by atoms with Gasteiger partial charge in [-0.15, -0.1) is 0 Å². The molecule has 2 aliphatic rings. The van der Waals surface area contributed by atoms with E-state index in [0.29, 0.717) is 32.7 Å². The van der Waals surface area contributed by atoms with Crippen LogP contribution in [0.5, 0.6) is 0 Å². The maximum absolute atomic E-state index is 12.8. The van der Waals surface area contributed by atoms with Crippen LogP contribution in [0.2, 0.25) is 0 Å². The highest BCUT2D eigenvalue weighted by Crippen LogP contribution is 2.22. The van der Waals surface area contributed by atoms with E-state index >= 15 is 0 Å². The Morgan fingerprint density at radius 1 is 1.24 bits per heavy atom. The van der Waals surface area contributed by atoms with Crippen LogP contribution in [-0.4, -0.2) is 60.5 Å². The van der Waals surface area contributed by atoms with E-state index in [1.165, 1.54) is 0 Å². The van der Waals surface area contributed by atoms with Crippen molar-refractivity contribution in [2.75, 3.05) is 32.8 Å². The average molecular weight is 341 g/mol. The number of amides is 2. The van der Waals surface area contributed by atoms with Gasteiger partial charge in [0.2, 0.25) is 11.8 Å². The molecule has 2 atom stereocenters. The number of ether oxygens (including phenoxy) is 1. The summed E-state index contributed by atoms with van der Waals surface area (Å²) in [6, 6.07) is 11.3. The van der Waals surface area contributed by atoms with Gasteiger partial charge in [-0.3, -0.25) is 9.59 Å². The van der Waals surface area contributed by atoms with Crippen molar-refractivity contribution >= 4 is 11.8 Å². The summed E-state index contributed by atoms with van der Waals surface area (Å²) in [4.78, 5) is 28.8. The Morgan fingerprint density at radius 2 is 2.04 bits per heavy atom. The second-order valence-corrected chi connectivity index (χ2v) is 6.59. The van der Waals surface area contributed by atoms with Crippen LogP contribution in [0.4, 0.5) is 0 Å². The number of piperidine rings is 1. The zero-order valence-corrected chi connectivity index (χ0v) is 14.3. The second kappa shape index (κ2) is 8.13. The van der Waals surface area contributed by atoms with E-state index in [4.69, 9.17) is 4.74 Å². The van der Waals surface area contributed by atoms with Crippen LogP contribution in [0.15, 0.2) is 30.3 Å². The number of benzene rings is 1. The van der Waals surface area contributed by atoms with Gasteiger partial charge in [-0.05, 0) is 18.4 Å². The van der Waals surface area contributed by atoms with Crippen molar-refractivity contribution in [3.8, 4) is 6.07 Å². The minimum absolute atomic E-state index is 0.0212. The maximum atomic E-state index is 12.8. The molecule has 1 aromatic carbocycles. The van der Waals surface area contributed by atoms with Crippen molar-refractivity contribution in [3.63, 3.8) is 0 Å². The van der Waals surface area contributed by atoms with Gasteiger partial charge in [0.25, 0.3) is 0 Å². The molecule has 132 valence electrons. The molecule has 0 N–H and O–H groups in total. The van der Waals surface area contributed by atoms with Gasteiger partial charge in [-0.25, -0.2) is 0 Å². The predicted octanol–water partition coefficient (Wildman–Crippen LogP) is 1.22. The number of nitrogens with zero attached hydrogens (tertiary/aromatic N) is 3. The van der Waals surface area contributed by atoms with Gasteiger partial charge in [0.05, 0.1) is 31.6 Å². The Labute approximate surface area is 148 Å². The first kappa shape index (κ1) is 17.4. The first-order valence-electron chi connectivity index (χ1n) is 8.78. The van der Waals surface area contributed by atoms with E-state index in [1.54, 1.807) is 9.80 Å². The number of carbonyl (C=O) groups is 2. The Kier molecular flexibility index (Phi) is 5.67. The minimum Gasteiger partial charge on any atom is -0.376 e. The lowest BCUT2D eigenvalue weighted by Gasteiger charge is -2.38. The molecule has 2 unspecified atom stereocenters. The van der Waals surface area contributed by atoms with Gasteiger partial charge in [0.15, 0.2) is 0 Å². The molecule has 0 spiro atoms. The second-order valence-electron chi connectivity index (χ2n) is 6.59. The van der Waals surface area contributed by atoms with Gasteiger partial charge in [-0.1, -0.05) is 30.3 Å². The summed E-state index contributed by atoms with van der Waals surface area (Å²) in [6.45, 7) is 2.32. The van der Waals surface area contributed by atoms with Gasteiger partial charge in [0.1, 0.15) is 6.04 Å². The molecule has 6 heteroatoms. The molecule has 1 aromatic rings. The third-order valence-corrected chi connectivity index (χ3v) is 4.88. The Morgan fingerprint density at radius 3 is 2.80 bits per heavy atom. The third kappa shape index (κ3) is 4.18. The Hall–Kier alpha value is -2.39. The largest absolute Gasteiger partial charge is 0.376 e. The number of hydrogen-bond donors (Lipinski definition) is 0. The van der Waals surface area contributed by atoms with Crippen LogP contribution in [0.1, 0.15) is 18.4 Å². The molecule has 0 saturated carbocycles. The van der Waals surface area contributed by atoms with Crippen molar-refractivity contribution in [2.24, 2.45) is 5.92 Å². The molecule has 0 aromatic heterocycles. The fourth-order valence-corrected chi connectivity index (χ4v) is 3.50. The summed E-state index contributed by atoms with van der Waals surface area (Å²) in [5.74, 6) is -0.183. The lowest BCUT2D eigenvalue weighted by Crippen LogP contribution is -2.53. The number of morpholine rings is 1. The highest BCUT2D eigenvalue weighted by Gasteiger charge is 2.35. The maximum Gasteiger partial charge on any atom is 0.228 e. The van der Waals surface area contributed by atoms with E-state index in [-0.39, 0.29) is 24.3 Å². The van der Waals surface area contributed by atoms with Crippen molar-refractivity contribution in [1.82, 2.24) is 9.80 Å². The Balaban J connectivity index is 1.61. The number of likely N-dealkylation sites (tertiary alicyclic amines) is 1. The van der Waals surface area contributed by atoms with Gasteiger partial charge >= 0.3 is 0 Å². The fraction of sp³-hybridized carbons (Fsp3) is 0.526. The normalized spacial score (nSPS) is 23.8. The van der Waals surface area contributed by atoms with Crippen LogP contribution < -0.4 is 0 Å². The van der Waals surface area contributed by atoms with Crippen LogP contribution in [0.25, 0.3) is 0 Å². The SMILES string of the molecule is N#CC1COCCN1C(=O)C1CCCN(C(=O)Cc2ccccc2)C1. The van der Waals surface area contributed by atoms with Crippen LogP contribution in [0.3, 0.4) is 0 Å². The molecule has 2 heterocycles. The molecule has 0 aliphatic carbocycles. The summed E-state index contributed by atoms with van der Waals surface area (Å²) in [7, 11) is 0. The number of carbonyl (C=O) groups excluding carboxylic acids is 2. The summed E-state index contributed by atoms with van der Waals surface area (Å²) >= 11 is 0. The third-order valence-electron chi connectivity index (χ3n) is 4.88. The zero-order valence-electron chi connectivity index (χ0n) is 14.3. The quantitative estimate of drug-likeness (QED) is 0.828. The first-order valence-corrected chi connectivity index (χ1v) is 8.78. The number of hydrogen-bond acceptors (Lipinski definition) is 4. The summed E-state index contributed by atoms with van der Waals surface area (Å²) in [5, 5.41) is 9.22. The highest BCUT2D eigenvalue weighted by atomic mass is 16.5. The summed E-state index contributed by atoms with van der Waals surface area (Å²) in [6.07, 6.45) is 1.95. The first-order chi connectivity index (χ1) is 12.2.